The Morgan fingerprint density at radius 3 is 2.32 bits per heavy atom. The third-order valence-corrected chi connectivity index (χ3v) is 7.37. The van der Waals surface area contributed by atoms with Gasteiger partial charge in [0.25, 0.3) is 0 Å². The van der Waals surface area contributed by atoms with Crippen LogP contribution in [0.15, 0.2) is 12.2 Å². The molecule has 5 atom stereocenters. The minimum Gasteiger partial charge on any atom is -0.392 e. The zero-order valence-corrected chi connectivity index (χ0v) is 18.9. The lowest BCUT2D eigenvalue weighted by Gasteiger charge is -2.19. The van der Waals surface area contributed by atoms with Crippen LogP contribution in [-0.2, 0) is 4.74 Å². The number of aliphatic hydroxyl groups is 1. The van der Waals surface area contributed by atoms with E-state index in [2.05, 4.69) is 19.1 Å². The summed E-state index contributed by atoms with van der Waals surface area (Å²) in [6.45, 7) is 3.19. The van der Waals surface area contributed by atoms with Gasteiger partial charge in [-0.2, -0.15) is 0 Å². The second-order valence-corrected chi connectivity index (χ2v) is 9.68. The largest absolute Gasteiger partial charge is 0.392 e. The number of ether oxygens (including phenoxy) is 1. The maximum absolute atomic E-state index is 10.5. The molecule has 2 nitrogen and oxygen atoms in total. The van der Waals surface area contributed by atoms with Gasteiger partial charge in [-0.05, 0) is 56.3 Å². The van der Waals surface area contributed by atoms with Crippen LogP contribution in [0.2, 0.25) is 0 Å². The molecule has 0 aromatic rings. The molecular weight excluding hydrogens is 344 g/mol. The van der Waals surface area contributed by atoms with E-state index in [1.165, 1.54) is 96.3 Å². The fraction of sp³-hybridized carbons (Fsp3) is 0.923. The highest BCUT2D eigenvalue weighted by atomic mass is 16.5. The van der Waals surface area contributed by atoms with Crippen LogP contribution in [0.25, 0.3) is 0 Å². The van der Waals surface area contributed by atoms with Crippen LogP contribution in [0.3, 0.4) is 0 Å². The Labute approximate surface area is 175 Å². The second kappa shape index (κ2) is 14.6. The molecule has 2 saturated carbocycles. The van der Waals surface area contributed by atoms with Gasteiger partial charge in [-0.1, -0.05) is 83.3 Å². The van der Waals surface area contributed by atoms with Crippen molar-refractivity contribution >= 4 is 0 Å². The Morgan fingerprint density at radius 2 is 1.57 bits per heavy atom. The van der Waals surface area contributed by atoms with Gasteiger partial charge in [0, 0.05) is 19.6 Å². The van der Waals surface area contributed by atoms with Crippen LogP contribution in [0.1, 0.15) is 110 Å². The van der Waals surface area contributed by atoms with Gasteiger partial charge in [0.1, 0.15) is 0 Å². The number of unbranched alkanes of at least 4 members (excludes halogenated alkanes) is 10. The molecule has 0 spiro atoms. The number of fused-ring (bicyclic) bond motifs is 1. The van der Waals surface area contributed by atoms with Gasteiger partial charge in [0.2, 0.25) is 0 Å². The lowest BCUT2D eigenvalue weighted by molar-refractivity contribution is 0.134. The Kier molecular flexibility index (Phi) is 12.5. The van der Waals surface area contributed by atoms with Crippen molar-refractivity contribution in [3.05, 3.63) is 12.2 Å². The van der Waals surface area contributed by atoms with Crippen molar-refractivity contribution in [3.63, 3.8) is 0 Å². The molecule has 0 aromatic heterocycles. The molecule has 2 aliphatic carbocycles. The number of methoxy groups -OCH3 is 1. The van der Waals surface area contributed by atoms with E-state index in [1.807, 2.05) is 0 Å². The minimum atomic E-state index is -0.0764. The van der Waals surface area contributed by atoms with Crippen LogP contribution in [0.5, 0.6) is 0 Å². The summed E-state index contributed by atoms with van der Waals surface area (Å²) < 4.78 is 5.15. The maximum atomic E-state index is 10.5. The summed E-state index contributed by atoms with van der Waals surface area (Å²) in [6.07, 6.45) is 26.1. The molecule has 1 N–H and O–H groups in total. The summed E-state index contributed by atoms with van der Waals surface area (Å²) in [5.74, 6) is 2.90. The van der Waals surface area contributed by atoms with E-state index in [-0.39, 0.29) is 6.10 Å². The quantitative estimate of drug-likeness (QED) is 0.220. The van der Waals surface area contributed by atoms with Crippen molar-refractivity contribution < 1.29 is 9.84 Å². The Morgan fingerprint density at radius 1 is 0.857 bits per heavy atom. The predicted molar refractivity (Wildman–Crippen MR) is 121 cm³/mol. The zero-order chi connectivity index (χ0) is 20.0. The first-order chi connectivity index (χ1) is 13.8. The number of aliphatic hydroxyl groups excluding tert-OH is 1. The van der Waals surface area contributed by atoms with Crippen molar-refractivity contribution in [2.45, 2.75) is 116 Å². The molecule has 2 rings (SSSR count). The smallest absolute Gasteiger partial charge is 0.0608 e. The van der Waals surface area contributed by atoms with Gasteiger partial charge in [-0.3, -0.25) is 0 Å². The molecule has 1 unspecified atom stereocenters. The lowest BCUT2D eigenvalue weighted by Crippen LogP contribution is -2.17. The van der Waals surface area contributed by atoms with Crippen molar-refractivity contribution in [1.29, 1.82) is 0 Å². The van der Waals surface area contributed by atoms with E-state index in [1.54, 1.807) is 7.11 Å². The summed E-state index contributed by atoms with van der Waals surface area (Å²) >= 11 is 0. The van der Waals surface area contributed by atoms with E-state index in [0.29, 0.717) is 5.92 Å². The molecule has 164 valence electrons. The lowest BCUT2D eigenvalue weighted by atomic mass is 9.89. The highest BCUT2D eigenvalue weighted by Gasteiger charge is 2.46. The van der Waals surface area contributed by atoms with E-state index >= 15 is 0 Å². The molecule has 28 heavy (non-hydrogen) atoms. The first-order valence-electron chi connectivity index (χ1n) is 12.6. The van der Waals surface area contributed by atoms with Gasteiger partial charge >= 0.3 is 0 Å². The van der Waals surface area contributed by atoms with Gasteiger partial charge in [-0.25, -0.2) is 0 Å². The fourth-order valence-corrected chi connectivity index (χ4v) is 5.78. The van der Waals surface area contributed by atoms with E-state index in [0.717, 1.165) is 30.8 Å². The zero-order valence-electron chi connectivity index (χ0n) is 18.9. The monoisotopic (exact) mass is 392 g/mol. The molecule has 0 bridgehead atoms. The average molecular weight is 393 g/mol. The van der Waals surface area contributed by atoms with Crippen molar-refractivity contribution in [2.75, 3.05) is 13.7 Å². The van der Waals surface area contributed by atoms with Crippen molar-refractivity contribution in [1.82, 2.24) is 0 Å². The standard InChI is InChI=1S/C26H48O2/c1-3-4-5-6-7-8-9-10-11-14-17-24-25-20-22(16-13-12-15-18-28-2)19-23(25)21-26(24)27/h14,17,22-27H,3-13,15-16,18-21H2,1-2H3/b17-14+/t22?,23-,24+,25-,26+/m0/s1. The summed E-state index contributed by atoms with van der Waals surface area (Å²) in [5.41, 5.74) is 0. The third kappa shape index (κ3) is 8.57. The van der Waals surface area contributed by atoms with Crippen molar-refractivity contribution in [3.8, 4) is 0 Å². The Hall–Kier alpha value is -0.340. The molecule has 0 heterocycles. The molecule has 0 aromatic carbocycles. The Bertz CT molecular complexity index is 405. The molecule has 2 aliphatic rings. The van der Waals surface area contributed by atoms with Gasteiger partial charge in [0.15, 0.2) is 0 Å². The number of hydrogen-bond acceptors (Lipinski definition) is 2. The number of allylic oxidation sites excluding steroid dienone is 1. The summed E-state index contributed by atoms with van der Waals surface area (Å²) in [5, 5.41) is 10.5. The van der Waals surface area contributed by atoms with Crippen LogP contribution in [-0.4, -0.2) is 24.9 Å². The fourth-order valence-electron chi connectivity index (χ4n) is 5.78. The molecular formula is C26H48O2. The molecule has 0 aliphatic heterocycles. The number of rotatable bonds is 16. The minimum absolute atomic E-state index is 0.0764. The summed E-state index contributed by atoms with van der Waals surface area (Å²) in [6, 6.07) is 0. The predicted octanol–water partition coefficient (Wildman–Crippen LogP) is 7.30. The summed E-state index contributed by atoms with van der Waals surface area (Å²) in [7, 11) is 1.80. The second-order valence-electron chi connectivity index (χ2n) is 9.68. The van der Waals surface area contributed by atoms with Gasteiger partial charge < -0.3 is 9.84 Å². The van der Waals surface area contributed by atoms with Crippen LogP contribution in [0, 0.1) is 23.7 Å². The summed E-state index contributed by atoms with van der Waals surface area (Å²) in [4.78, 5) is 0. The Balaban J connectivity index is 1.57. The van der Waals surface area contributed by atoms with Gasteiger partial charge in [0.05, 0.1) is 6.10 Å². The van der Waals surface area contributed by atoms with Crippen LogP contribution >= 0.6 is 0 Å². The maximum Gasteiger partial charge on any atom is 0.0608 e. The van der Waals surface area contributed by atoms with Gasteiger partial charge in [-0.15, -0.1) is 0 Å². The van der Waals surface area contributed by atoms with E-state index in [4.69, 9.17) is 4.74 Å². The normalized spacial score (nSPS) is 29.8. The molecule has 0 amide bonds. The molecule has 0 radical (unpaired) electrons. The first kappa shape index (κ1) is 23.9. The highest BCUT2D eigenvalue weighted by Crippen LogP contribution is 2.51. The molecule has 2 fully saturated rings. The SMILES string of the molecule is CCCCCCCCCC/C=C/[C@@H]1[C@H]2CC(CCCCCOC)C[C@H]2C[C@H]1O. The van der Waals surface area contributed by atoms with Crippen LogP contribution in [0.4, 0.5) is 0 Å². The first-order valence-corrected chi connectivity index (χ1v) is 12.6. The van der Waals surface area contributed by atoms with E-state index in [9.17, 15) is 5.11 Å². The van der Waals surface area contributed by atoms with E-state index < -0.39 is 0 Å². The van der Waals surface area contributed by atoms with Crippen molar-refractivity contribution in [2.24, 2.45) is 23.7 Å². The topological polar surface area (TPSA) is 29.5 Å². The molecule has 2 heteroatoms. The average Bonchev–Trinajstić information content (AvgIpc) is 3.20. The molecule has 0 saturated heterocycles. The highest BCUT2D eigenvalue weighted by molar-refractivity contribution is 5.05. The van der Waals surface area contributed by atoms with Crippen LogP contribution < -0.4 is 0 Å². The number of hydrogen-bond donors (Lipinski definition) is 1. The third-order valence-electron chi connectivity index (χ3n) is 7.37.